The Morgan fingerprint density at radius 1 is 1.16 bits per heavy atom. The second-order valence-electron chi connectivity index (χ2n) is 7.38. The zero-order valence-electron chi connectivity index (χ0n) is 18.4. The van der Waals surface area contributed by atoms with Crippen LogP contribution in [-0.2, 0) is 32.7 Å². The summed E-state index contributed by atoms with van der Waals surface area (Å²) < 4.78 is 33.2. The Labute approximate surface area is 187 Å². The van der Waals surface area contributed by atoms with Crippen LogP contribution in [-0.4, -0.2) is 54.3 Å². The molecule has 0 aliphatic heterocycles. The summed E-state index contributed by atoms with van der Waals surface area (Å²) in [5, 5.41) is 2.61. The fourth-order valence-electron chi connectivity index (χ4n) is 3.18. The van der Waals surface area contributed by atoms with Crippen molar-refractivity contribution in [2.24, 2.45) is 0 Å². The summed E-state index contributed by atoms with van der Waals surface area (Å²) in [5.41, 5.74) is 1.68. The Morgan fingerprint density at radius 2 is 1.84 bits per heavy atom. The monoisotopic (exact) mass is 458 g/mol. The van der Waals surface area contributed by atoms with Crippen molar-refractivity contribution >= 4 is 32.9 Å². The first-order chi connectivity index (χ1) is 15.1. The number of imidazole rings is 1. The predicted octanol–water partition coefficient (Wildman–Crippen LogP) is 2.17. The molecule has 0 spiro atoms. The number of rotatable bonds is 8. The fourth-order valence-corrected chi connectivity index (χ4v) is 4.11. The van der Waals surface area contributed by atoms with Crippen LogP contribution in [0, 0.1) is 0 Å². The highest BCUT2D eigenvalue weighted by molar-refractivity contribution is 7.89. The summed E-state index contributed by atoms with van der Waals surface area (Å²) in [5.74, 6) is -0.484. The first-order valence-electron chi connectivity index (χ1n) is 10.1. The van der Waals surface area contributed by atoms with Gasteiger partial charge in [-0.3, -0.25) is 4.79 Å². The number of aromatic nitrogens is 2. The lowest BCUT2D eigenvalue weighted by Crippen LogP contribution is -2.39. The van der Waals surface area contributed by atoms with Crippen LogP contribution >= 0.6 is 0 Å². The summed E-state index contributed by atoms with van der Waals surface area (Å²) in [6, 6.07) is 12.5. The van der Waals surface area contributed by atoms with Crippen molar-refractivity contribution in [1.29, 1.82) is 0 Å². The topological polar surface area (TPSA) is 111 Å². The number of aryl methyl sites for hydroxylation is 1. The van der Waals surface area contributed by atoms with Gasteiger partial charge in [0.05, 0.1) is 15.9 Å². The number of nitrogens with zero attached hydrogens (tertiary/aromatic N) is 3. The molecule has 32 heavy (non-hydrogen) atoms. The van der Waals surface area contributed by atoms with E-state index in [1.54, 1.807) is 43.3 Å². The third-order valence-electron chi connectivity index (χ3n) is 4.97. The van der Waals surface area contributed by atoms with E-state index < -0.39 is 22.0 Å². The smallest absolute Gasteiger partial charge is 0.328 e. The molecule has 0 aliphatic carbocycles. The lowest BCUT2D eigenvalue weighted by Gasteiger charge is -2.14. The molecule has 3 rings (SSSR count). The second-order valence-corrected chi connectivity index (χ2v) is 9.53. The molecule has 0 aliphatic rings. The lowest BCUT2D eigenvalue weighted by atomic mass is 10.2. The highest BCUT2D eigenvalue weighted by atomic mass is 32.2. The number of carbonyl (C=O) groups excluding carboxylic acids is 2. The molecule has 1 amide bonds. The van der Waals surface area contributed by atoms with Gasteiger partial charge in [0.2, 0.25) is 10.0 Å². The van der Waals surface area contributed by atoms with E-state index in [2.05, 4.69) is 10.3 Å². The number of ether oxygens (including phenoxy) is 1. The number of nitrogens with one attached hydrogen (secondary N) is 1. The number of hydrogen-bond donors (Lipinski definition) is 1. The molecule has 9 nitrogen and oxygen atoms in total. The maximum atomic E-state index is 12.4. The maximum absolute atomic E-state index is 12.4. The zero-order valence-corrected chi connectivity index (χ0v) is 19.2. The van der Waals surface area contributed by atoms with Crippen LogP contribution in [0.3, 0.4) is 0 Å². The molecule has 0 fully saturated rings. The minimum absolute atomic E-state index is 0.108. The average molecular weight is 459 g/mol. The maximum Gasteiger partial charge on any atom is 0.328 e. The summed E-state index contributed by atoms with van der Waals surface area (Å²) in [6.45, 7) is 3.91. The van der Waals surface area contributed by atoms with Gasteiger partial charge in [0, 0.05) is 26.2 Å². The molecular weight excluding hydrogens is 432 g/mol. The van der Waals surface area contributed by atoms with Gasteiger partial charge >= 0.3 is 5.97 Å². The van der Waals surface area contributed by atoms with Crippen LogP contribution in [0.1, 0.15) is 30.0 Å². The van der Waals surface area contributed by atoms with E-state index in [0.29, 0.717) is 23.4 Å². The molecule has 0 unspecified atom stereocenters. The normalized spacial score (nSPS) is 12.7. The first kappa shape index (κ1) is 23.4. The van der Waals surface area contributed by atoms with Crippen LogP contribution in [0.2, 0.25) is 0 Å². The molecule has 0 saturated carbocycles. The lowest BCUT2D eigenvalue weighted by molar-refractivity contribution is -0.147. The minimum atomic E-state index is -3.59. The van der Waals surface area contributed by atoms with Gasteiger partial charge in [-0.15, -0.1) is 0 Å². The first-order valence-corrected chi connectivity index (χ1v) is 11.5. The summed E-state index contributed by atoms with van der Waals surface area (Å²) >= 11 is 0. The molecule has 10 heteroatoms. The molecule has 170 valence electrons. The van der Waals surface area contributed by atoms with Crippen LogP contribution < -0.4 is 5.32 Å². The molecule has 1 heterocycles. The van der Waals surface area contributed by atoms with Gasteiger partial charge in [-0.05, 0) is 44.2 Å². The molecular formula is C22H26N4O5S. The van der Waals surface area contributed by atoms with Crippen molar-refractivity contribution in [2.45, 2.75) is 37.9 Å². The number of hydrogen-bond acceptors (Lipinski definition) is 6. The Bertz CT molecular complexity index is 1240. The highest BCUT2D eigenvalue weighted by Crippen LogP contribution is 2.22. The summed E-state index contributed by atoms with van der Waals surface area (Å²) in [7, 11) is -0.661. The van der Waals surface area contributed by atoms with Gasteiger partial charge in [-0.1, -0.05) is 18.2 Å². The number of benzene rings is 2. The molecule has 0 saturated heterocycles. The number of sulfonamides is 1. The van der Waals surface area contributed by atoms with Gasteiger partial charge < -0.3 is 14.6 Å². The molecule has 0 bridgehead atoms. The van der Waals surface area contributed by atoms with E-state index in [1.165, 1.54) is 26.2 Å². The van der Waals surface area contributed by atoms with Gasteiger partial charge in [-0.25, -0.2) is 22.5 Å². The number of fused-ring (bicyclic) bond motifs is 1. The van der Waals surface area contributed by atoms with Gasteiger partial charge in [0.1, 0.15) is 18.5 Å². The van der Waals surface area contributed by atoms with E-state index in [0.717, 1.165) is 9.82 Å². The molecule has 1 aromatic heterocycles. The summed E-state index contributed by atoms with van der Waals surface area (Å²) in [6.07, 6.45) is 0. The van der Waals surface area contributed by atoms with E-state index in [1.807, 2.05) is 11.5 Å². The number of carbonyl (C=O) groups is 2. The SMILES string of the molecule is CCn1c(COC(=O)[C@H](C)NC(=O)c2ccccc2)nc2cc(S(=O)(=O)N(C)C)ccc21. The van der Waals surface area contributed by atoms with E-state index >= 15 is 0 Å². The molecule has 1 N–H and O–H groups in total. The quantitative estimate of drug-likeness (QED) is 0.518. The third-order valence-corrected chi connectivity index (χ3v) is 6.79. The number of esters is 1. The van der Waals surface area contributed by atoms with Crippen molar-refractivity contribution < 1.29 is 22.7 Å². The second kappa shape index (κ2) is 9.49. The molecule has 3 aromatic rings. The van der Waals surface area contributed by atoms with Crippen LogP contribution in [0.25, 0.3) is 11.0 Å². The van der Waals surface area contributed by atoms with Crippen LogP contribution in [0.5, 0.6) is 0 Å². The standard InChI is InChI=1S/C22H26N4O5S/c1-5-26-19-12-11-17(32(29,30)25(3)4)13-18(19)24-20(26)14-31-22(28)15(2)23-21(27)16-9-7-6-8-10-16/h6-13,15H,5,14H2,1-4H3,(H,23,27)/t15-/m0/s1. The Balaban J connectivity index is 1.73. The van der Waals surface area contributed by atoms with Gasteiger partial charge in [-0.2, -0.15) is 0 Å². The zero-order chi connectivity index (χ0) is 23.5. The van der Waals surface area contributed by atoms with E-state index in [-0.39, 0.29) is 17.4 Å². The Kier molecular flexibility index (Phi) is 6.95. The highest BCUT2D eigenvalue weighted by Gasteiger charge is 2.21. The minimum Gasteiger partial charge on any atom is -0.456 e. The van der Waals surface area contributed by atoms with Crippen molar-refractivity contribution in [3.05, 3.63) is 59.9 Å². The Morgan fingerprint density at radius 3 is 2.47 bits per heavy atom. The van der Waals surface area contributed by atoms with Crippen molar-refractivity contribution in [2.75, 3.05) is 14.1 Å². The Hall–Kier alpha value is -3.24. The van der Waals surface area contributed by atoms with Gasteiger partial charge in [0.25, 0.3) is 5.91 Å². The van der Waals surface area contributed by atoms with E-state index in [4.69, 9.17) is 4.74 Å². The van der Waals surface area contributed by atoms with Crippen molar-refractivity contribution in [1.82, 2.24) is 19.2 Å². The van der Waals surface area contributed by atoms with E-state index in [9.17, 15) is 18.0 Å². The van der Waals surface area contributed by atoms with Crippen LogP contribution in [0.4, 0.5) is 0 Å². The third kappa shape index (κ3) is 4.81. The van der Waals surface area contributed by atoms with Crippen LogP contribution in [0.15, 0.2) is 53.4 Å². The van der Waals surface area contributed by atoms with Crippen molar-refractivity contribution in [3.63, 3.8) is 0 Å². The predicted molar refractivity (Wildman–Crippen MR) is 119 cm³/mol. The largest absolute Gasteiger partial charge is 0.456 e. The van der Waals surface area contributed by atoms with Crippen molar-refractivity contribution in [3.8, 4) is 0 Å². The molecule has 1 atom stereocenters. The molecule has 0 radical (unpaired) electrons. The number of amides is 1. The fraction of sp³-hybridized carbons (Fsp3) is 0.318. The van der Waals surface area contributed by atoms with Gasteiger partial charge in [0.15, 0.2) is 0 Å². The average Bonchev–Trinajstić information content (AvgIpc) is 3.14. The molecule has 2 aromatic carbocycles. The summed E-state index contributed by atoms with van der Waals surface area (Å²) in [4.78, 5) is 29.2.